The summed E-state index contributed by atoms with van der Waals surface area (Å²) in [4.78, 5) is 0.0951. The number of hydrogen-bond donors (Lipinski definition) is 2. The Labute approximate surface area is 106 Å². The Morgan fingerprint density at radius 3 is 2.71 bits per heavy atom. The zero-order valence-electron chi connectivity index (χ0n) is 9.32. The van der Waals surface area contributed by atoms with Gasteiger partial charge in [0.25, 0.3) is 0 Å². The van der Waals surface area contributed by atoms with Crippen LogP contribution in [0, 0.1) is 5.92 Å². The van der Waals surface area contributed by atoms with Crippen molar-refractivity contribution < 1.29 is 8.42 Å². The summed E-state index contributed by atoms with van der Waals surface area (Å²) in [5.74, 6) is 0.695. The van der Waals surface area contributed by atoms with Gasteiger partial charge in [-0.3, -0.25) is 0 Å². The highest BCUT2D eigenvalue weighted by Crippen LogP contribution is 2.32. The van der Waals surface area contributed by atoms with Crippen LogP contribution in [0.4, 0.5) is 5.69 Å². The fraction of sp³-hybridized carbons (Fsp3) is 0.455. The lowest BCUT2D eigenvalue weighted by molar-refractivity contribution is 0.575. The molecule has 0 saturated heterocycles. The summed E-state index contributed by atoms with van der Waals surface area (Å²) < 4.78 is 26.4. The number of rotatable bonds is 5. The molecule has 0 unspecified atom stereocenters. The van der Waals surface area contributed by atoms with E-state index in [1.165, 1.54) is 31.0 Å². The number of sulfonamides is 1. The molecule has 0 amide bonds. The molecule has 1 saturated carbocycles. The summed E-state index contributed by atoms with van der Waals surface area (Å²) >= 11 is 5.73. The van der Waals surface area contributed by atoms with Crippen LogP contribution in [0.3, 0.4) is 0 Å². The number of nitrogens with one attached hydrogen (secondary N) is 1. The summed E-state index contributed by atoms with van der Waals surface area (Å²) in [5.41, 5.74) is 5.83. The van der Waals surface area contributed by atoms with Crippen LogP contribution < -0.4 is 10.5 Å². The molecule has 0 spiro atoms. The lowest BCUT2D eigenvalue weighted by Crippen LogP contribution is -2.25. The molecule has 1 aromatic carbocycles. The van der Waals surface area contributed by atoms with Crippen LogP contribution >= 0.6 is 11.6 Å². The van der Waals surface area contributed by atoms with E-state index in [9.17, 15) is 8.42 Å². The van der Waals surface area contributed by atoms with E-state index in [1.807, 2.05) is 0 Å². The second-order valence-corrected chi connectivity index (χ2v) is 6.48. The molecule has 6 heteroatoms. The van der Waals surface area contributed by atoms with Gasteiger partial charge in [0.15, 0.2) is 0 Å². The minimum absolute atomic E-state index is 0.0951. The summed E-state index contributed by atoms with van der Waals surface area (Å²) in [6.07, 6.45) is 3.32. The molecule has 3 N–H and O–H groups in total. The van der Waals surface area contributed by atoms with Gasteiger partial charge in [-0.2, -0.15) is 0 Å². The maximum atomic E-state index is 11.9. The Kier molecular flexibility index (Phi) is 3.61. The first-order valence-corrected chi connectivity index (χ1v) is 7.40. The molecule has 1 aliphatic carbocycles. The van der Waals surface area contributed by atoms with Gasteiger partial charge in [0.2, 0.25) is 10.0 Å². The Morgan fingerprint density at radius 1 is 1.41 bits per heavy atom. The predicted octanol–water partition coefficient (Wildman–Crippen LogP) is 2.00. The Balaban J connectivity index is 2.07. The van der Waals surface area contributed by atoms with Crippen LogP contribution in [0.1, 0.15) is 19.3 Å². The van der Waals surface area contributed by atoms with Crippen molar-refractivity contribution in [3.63, 3.8) is 0 Å². The maximum Gasteiger partial charge on any atom is 0.242 e. The smallest absolute Gasteiger partial charge is 0.242 e. The number of hydrogen-bond acceptors (Lipinski definition) is 3. The molecule has 0 atom stereocenters. The van der Waals surface area contributed by atoms with E-state index >= 15 is 0 Å². The fourth-order valence-corrected chi connectivity index (χ4v) is 2.98. The highest BCUT2D eigenvalue weighted by atomic mass is 35.5. The molecule has 0 aliphatic heterocycles. The first-order chi connectivity index (χ1) is 7.99. The molecule has 0 radical (unpaired) electrons. The SMILES string of the molecule is Nc1cc(Cl)ccc1S(=O)(=O)NCCC1CC1. The van der Waals surface area contributed by atoms with Crippen molar-refractivity contribution in [1.82, 2.24) is 4.72 Å². The van der Waals surface area contributed by atoms with Crippen molar-refractivity contribution in [1.29, 1.82) is 0 Å². The average molecular weight is 275 g/mol. The summed E-state index contributed by atoms with van der Waals surface area (Å²) in [6.45, 7) is 0.467. The highest BCUT2D eigenvalue weighted by Gasteiger charge is 2.22. The minimum atomic E-state index is -3.51. The normalized spacial score (nSPS) is 16.1. The third kappa shape index (κ3) is 3.34. The average Bonchev–Trinajstić information content (AvgIpc) is 3.00. The number of nitrogens with two attached hydrogens (primary N) is 1. The molecule has 0 heterocycles. The maximum absolute atomic E-state index is 11.9. The predicted molar refractivity (Wildman–Crippen MR) is 68.4 cm³/mol. The zero-order valence-corrected chi connectivity index (χ0v) is 10.9. The Morgan fingerprint density at radius 2 is 2.12 bits per heavy atom. The van der Waals surface area contributed by atoms with Gasteiger partial charge in [0, 0.05) is 11.6 Å². The van der Waals surface area contributed by atoms with E-state index < -0.39 is 10.0 Å². The monoisotopic (exact) mass is 274 g/mol. The van der Waals surface area contributed by atoms with Crippen LogP contribution in [-0.2, 0) is 10.0 Å². The first kappa shape index (κ1) is 12.7. The van der Waals surface area contributed by atoms with E-state index in [-0.39, 0.29) is 10.6 Å². The molecular formula is C11H15ClN2O2S. The molecule has 2 rings (SSSR count). The summed E-state index contributed by atoms with van der Waals surface area (Å²) in [5, 5.41) is 0.430. The number of benzene rings is 1. The lowest BCUT2D eigenvalue weighted by atomic mass is 10.3. The van der Waals surface area contributed by atoms with Crippen molar-refractivity contribution in [3.8, 4) is 0 Å². The Bertz CT molecular complexity index is 512. The molecule has 1 aromatic rings. The van der Waals surface area contributed by atoms with Crippen LogP contribution in [0.2, 0.25) is 5.02 Å². The van der Waals surface area contributed by atoms with Gasteiger partial charge in [0.1, 0.15) is 4.90 Å². The molecule has 0 aromatic heterocycles. The quantitative estimate of drug-likeness (QED) is 0.807. The van der Waals surface area contributed by atoms with Crippen LogP contribution in [-0.4, -0.2) is 15.0 Å². The van der Waals surface area contributed by atoms with Crippen molar-refractivity contribution >= 4 is 27.3 Å². The van der Waals surface area contributed by atoms with Crippen LogP contribution in [0.5, 0.6) is 0 Å². The molecule has 0 bridgehead atoms. The summed E-state index contributed by atoms with van der Waals surface area (Å²) in [7, 11) is -3.51. The standard InChI is InChI=1S/C11H15ClN2O2S/c12-9-3-4-11(10(13)7-9)17(15,16)14-6-5-8-1-2-8/h3-4,7-8,14H,1-2,5-6,13H2. The topological polar surface area (TPSA) is 72.2 Å². The van der Waals surface area contributed by atoms with E-state index in [4.69, 9.17) is 17.3 Å². The van der Waals surface area contributed by atoms with Crippen molar-refractivity contribution in [2.45, 2.75) is 24.2 Å². The minimum Gasteiger partial charge on any atom is -0.398 e. The highest BCUT2D eigenvalue weighted by molar-refractivity contribution is 7.89. The van der Waals surface area contributed by atoms with E-state index in [2.05, 4.69) is 4.72 Å². The van der Waals surface area contributed by atoms with Crippen molar-refractivity contribution in [2.75, 3.05) is 12.3 Å². The second-order valence-electron chi connectivity index (χ2n) is 4.31. The largest absolute Gasteiger partial charge is 0.398 e. The number of nitrogen functional groups attached to an aromatic ring is 1. The van der Waals surface area contributed by atoms with E-state index in [0.29, 0.717) is 17.5 Å². The van der Waals surface area contributed by atoms with Gasteiger partial charge >= 0.3 is 0 Å². The van der Waals surface area contributed by atoms with Gasteiger partial charge in [-0.25, -0.2) is 13.1 Å². The fourth-order valence-electron chi connectivity index (χ4n) is 1.65. The molecule has 4 nitrogen and oxygen atoms in total. The number of halogens is 1. The van der Waals surface area contributed by atoms with Gasteiger partial charge in [-0.1, -0.05) is 24.4 Å². The van der Waals surface area contributed by atoms with Crippen LogP contribution in [0.25, 0.3) is 0 Å². The first-order valence-electron chi connectivity index (χ1n) is 5.54. The molecule has 17 heavy (non-hydrogen) atoms. The third-order valence-electron chi connectivity index (χ3n) is 2.80. The van der Waals surface area contributed by atoms with Crippen LogP contribution in [0.15, 0.2) is 23.1 Å². The summed E-state index contributed by atoms with van der Waals surface area (Å²) in [6, 6.07) is 4.39. The Hall–Kier alpha value is -0.780. The molecule has 1 aliphatic rings. The molecular weight excluding hydrogens is 260 g/mol. The van der Waals surface area contributed by atoms with Gasteiger partial charge in [0.05, 0.1) is 5.69 Å². The molecule has 1 fully saturated rings. The lowest BCUT2D eigenvalue weighted by Gasteiger charge is -2.08. The van der Waals surface area contributed by atoms with Gasteiger partial charge in [-0.05, 0) is 30.5 Å². The van der Waals surface area contributed by atoms with Crippen molar-refractivity contribution in [3.05, 3.63) is 23.2 Å². The number of anilines is 1. The van der Waals surface area contributed by atoms with E-state index in [0.717, 1.165) is 6.42 Å². The van der Waals surface area contributed by atoms with Crippen molar-refractivity contribution in [2.24, 2.45) is 5.92 Å². The second kappa shape index (κ2) is 4.84. The van der Waals surface area contributed by atoms with Gasteiger partial charge < -0.3 is 5.73 Å². The third-order valence-corrected chi connectivity index (χ3v) is 4.57. The zero-order chi connectivity index (χ0) is 12.5. The van der Waals surface area contributed by atoms with Gasteiger partial charge in [-0.15, -0.1) is 0 Å². The van der Waals surface area contributed by atoms with E-state index in [1.54, 1.807) is 0 Å². The molecule has 94 valence electrons.